The van der Waals surface area contributed by atoms with Crippen molar-refractivity contribution in [2.24, 2.45) is 0 Å². The van der Waals surface area contributed by atoms with Gasteiger partial charge in [-0.05, 0) is 19.1 Å². The quantitative estimate of drug-likeness (QED) is 0.275. The molecule has 0 heterocycles. The second-order valence-corrected chi connectivity index (χ2v) is 3.49. The Balaban J connectivity index is 3.44. The van der Waals surface area contributed by atoms with Gasteiger partial charge in [-0.2, -0.15) is 0 Å². The maximum atomic E-state index is 10.7. The van der Waals surface area contributed by atoms with E-state index < -0.39 is 22.4 Å². The topological polar surface area (TPSA) is 118 Å². The Hall–Kier alpha value is -2.70. The van der Waals surface area contributed by atoms with Gasteiger partial charge in [-0.3, -0.25) is 10.1 Å². The van der Waals surface area contributed by atoms with Gasteiger partial charge in [0.25, 0.3) is 5.69 Å². The average molecular weight is 251 g/mol. The van der Waals surface area contributed by atoms with Crippen molar-refractivity contribution in [3.63, 3.8) is 0 Å². The van der Waals surface area contributed by atoms with Crippen molar-refractivity contribution in [3.8, 4) is 0 Å². The fourth-order valence-electron chi connectivity index (χ4n) is 1.33. The predicted octanol–water partition coefficient (Wildman–Crippen LogP) is 1.46. The molecule has 0 aromatic heterocycles. The van der Waals surface area contributed by atoms with Crippen molar-refractivity contribution in [1.29, 1.82) is 0 Å². The summed E-state index contributed by atoms with van der Waals surface area (Å²) in [6.07, 6.45) is 0.774. The summed E-state index contributed by atoms with van der Waals surface area (Å²) >= 11 is 0. The molecule has 1 aromatic carbocycles. The van der Waals surface area contributed by atoms with Crippen molar-refractivity contribution in [1.82, 2.24) is 0 Å². The first-order valence-electron chi connectivity index (χ1n) is 4.76. The highest BCUT2D eigenvalue weighted by molar-refractivity contribution is 6.16. The molecule has 7 nitrogen and oxygen atoms in total. The Labute approximate surface area is 101 Å². The number of aliphatic carboxylic acids is 2. The van der Waals surface area contributed by atoms with E-state index in [0.29, 0.717) is 5.56 Å². The molecule has 18 heavy (non-hydrogen) atoms. The van der Waals surface area contributed by atoms with Crippen molar-refractivity contribution in [3.05, 3.63) is 45.0 Å². The van der Waals surface area contributed by atoms with Gasteiger partial charge < -0.3 is 10.2 Å². The Kier molecular flexibility index (Phi) is 3.78. The molecule has 0 amide bonds. The van der Waals surface area contributed by atoms with Crippen molar-refractivity contribution in [2.75, 3.05) is 0 Å². The fourth-order valence-corrected chi connectivity index (χ4v) is 1.33. The Morgan fingerprint density at radius 3 is 2.28 bits per heavy atom. The normalized spacial score (nSPS) is 9.61. The summed E-state index contributed by atoms with van der Waals surface area (Å²) in [5.41, 5.74) is -0.675. The predicted molar refractivity (Wildman–Crippen MR) is 61.1 cm³/mol. The molecule has 0 atom stereocenters. The number of rotatable bonds is 4. The lowest BCUT2D eigenvalue weighted by Gasteiger charge is -2.01. The van der Waals surface area contributed by atoms with E-state index in [1.807, 2.05) is 0 Å². The summed E-state index contributed by atoms with van der Waals surface area (Å²) in [6.45, 7) is 1.66. The number of hydrogen-bond acceptors (Lipinski definition) is 4. The van der Waals surface area contributed by atoms with E-state index >= 15 is 0 Å². The van der Waals surface area contributed by atoms with Crippen LogP contribution in [0.3, 0.4) is 0 Å². The number of benzene rings is 1. The summed E-state index contributed by atoms with van der Waals surface area (Å²) in [6, 6.07) is 4.03. The zero-order valence-electron chi connectivity index (χ0n) is 9.28. The molecular weight excluding hydrogens is 242 g/mol. The van der Waals surface area contributed by atoms with Crippen LogP contribution in [0.5, 0.6) is 0 Å². The molecule has 1 aromatic rings. The molecule has 1 rings (SSSR count). The van der Waals surface area contributed by atoms with E-state index in [-0.39, 0.29) is 11.3 Å². The Morgan fingerprint density at radius 2 is 1.83 bits per heavy atom. The molecule has 0 saturated carbocycles. The van der Waals surface area contributed by atoms with Crippen LogP contribution >= 0.6 is 0 Å². The van der Waals surface area contributed by atoms with E-state index in [2.05, 4.69) is 0 Å². The van der Waals surface area contributed by atoms with E-state index in [0.717, 1.165) is 6.08 Å². The van der Waals surface area contributed by atoms with Gasteiger partial charge in [-0.1, -0.05) is 11.6 Å². The van der Waals surface area contributed by atoms with E-state index in [4.69, 9.17) is 10.2 Å². The molecule has 0 fully saturated rings. The maximum Gasteiger partial charge on any atom is 0.343 e. The van der Waals surface area contributed by atoms with E-state index in [1.165, 1.54) is 18.2 Å². The first-order chi connectivity index (χ1) is 8.32. The summed E-state index contributed by atoms with van der Waals surface area (Å²) in [4.78, 5) is 31.4. The zero-order valence-corrected chi connectivity index (χ0v) is 9.28. The van der Waals surface area contributed by atoms with E-state index in [9.17, 15) is 19.7 Å². The average Bonchev–Trinajstić information content (AvgIpc) is 2.24. The molecule has 0 unspecified atom stereocenters. The molecule has 0 bridgehead atoms. The van der Waals surface area contributed by atoms with Gasteiger partial charge in [-0.25, -0.2) is 9.59 Å². The number of hydrogen-bond donors (Lipinski definition) is 2. The summed E-state index contributed by atoms with van der Waals surface area (Å²) < 4.78 is 0. The van der Waals surface area contributed by atoms with E-state index in [1.54, 1.807) is 6.92 Å². The third-order valence-corrected chi connectivity index (χ3v) is 2.14. The third kappa shape index (κ3) is 2.91. The SMILES string of the molecule is Cc1ccc([N+](=O)[O-])c(C=C(C(=O)O)C(=O)O)c1. The van der Waals surface area contributed by atoms with Gasteiger partial charge >= 0.3 is 11.9 Å². The second-order valence-electron chi connectivity index (χ2n) is 3.49. The molecular formula is C11H9NO6. The van der Waals surface area contributed by atoms with Crippen LogP contribution in [0.2, 0.25) is 0 Å². The largest absolute Gasteiger partial charge is 0.477 e. The van der Waals surface area contributed by atoms with Gasteiger partial charge in [0.05, 0.1) is 10.5 Å². The summed E-state index contributed by atoms with van der Waals surface area (Å²) in [5.74, 6) is -3.31. The number of carboxylic acids is 2. The minimum Gasteiger partial charge on any atom is -0.477 e. The molecule has 2 N–H and O–H groups in total. The van der Waals surface area contributed by atoms with Gasteiger partial charge in [0.1, 0.15) is 5.57 Å². The molecule has 0 spiro atoms. The lowest BCUT2D eigenvalue weighted by atomic mass is 10.1. The van der Waals surface area contributed by atoms with Crippen LogP contribution in [0.25, 0.3) is 6.08 Å². The van der Waals surface area contributed by atoms with Crippen LogP contribution < -0.4 is 0 Å². The highest BCUT2D eigenvalue weighted by Gasteiger charge is 2.19. The third-order valence-electron chi connectivity index (χ3n) is 2.14. The zero-order chi connectivity index (χ0) is 13.9. The minimum absolute atomic E-state index is 0.0557. The van der Waals surface area contributed by atoms with Crippen LogP contribution in [0.15, 0.2) is 23.8 Å². The summed E-state index contributed by atoms with van der Waals surface area (Å²) in [5, 5.41) is 28.1. The van der Waals surface area contributed by atoms with Crippen LogP contribution in [-0.4, -0.2) is 27.1 Å². The molecule has 0 saturated heterocycles. The van der Waals surface area contributed by atoms with Crippen molar-refractivity contribution < 1.29 is 24.7 Å². The standard InChI is InChI=1S/C11H9NO6/c1-6-2-3-9(12(17)18)7(4-6)5-8(10(13)14)11(15)16/h2-5H,1H3,(H,13,14)(H,15,16). The van der Waals surface area contributed by atoms with Gasteiger partial charge in [-0.15, -0.1) is 0 Å². The highest BCUT2D eigenvalue weighted by atomic mass is 16.6. The van der Waals surface area contributed by atoms with Gasteiger partial charge in [0.15, 0.2) is 0 Å². The molecule has 0 radical (unpaired) electrons. The number of carbonyl (C=O) groups is 2. The minimum atomic E-state index is -1.65. The molecule has 0 aliphatic carbocycles. The monoisotopic (exact) mass is 251 g/mol. The fraction of sp³-hybridized carbons (Fsp3) is 0.0909. The van der Waals surface area contributed by atoms with Gasteiger partial charge in [0, 0.05) is 6.07 Å². The molecule has 94 valence electrons. The number of nitro groups is 1. The van der Waals surface area contributed by atoms with Crippen LogP contribution in [0.4, 0.5) is 5.69 Å². The van der Waals surface area contributed by atoms with Crippen LogP contribution in [0, 0.1) is 17.0 Å². The molecule has 7 heteroatoms. The number of nitro benzene ring substituents is 1. The molecule has 0 aliphatic heterocycles. The maximum absolute atomic E-state index is 10.7. The van der Waals surface area contributed by atoms with Gasteiger partial charge in [0.2, 0.25) is 0 Å². The number of carboxylic acid groups (broad SMARTS) is 2. The smallest absolute Gasteiger partial charge is 0.343 e. The van der Waals surface area contributed by atoms with Crippen LogP contribution in [0.1, 0.15) is 11.1 Å². The lowest BCUT2D eigenvalue weighted by molar-refractivity contribution is -0.385. The first-order valence-corrected chi connectivity index (χ1v) is 4.76. The number of nitrogens with zero attached hydrogens (tertiary/aromatic N) is 1. The van der Waals surface area contributed by atoms with Crippen molar-refractivity contribution >= 4 is 23.7 Å². The first kappa shape index (κ1) is 13.4. The highest BCUT2D eigenvalue weighted by Crippen LogP contribution is 2.22. The molecule has 0 aliphatic rings. The Morgan fingerprint density at radius 1 is 1.28 bits per heavy atom. The number of aryl methyl sites for hydroxylation is 1. The van der Waals surface area contributed by atoms with Crippen molar-refractivity contribution in [2.45, 2.75) is 6.92 Å². The lowest BCUT2D eigenvalue weighted by Crippen LogP contribution is -2.11. The summed E-state index contributed by atoms with van der Waals surface area (Å²) in [7, 11) is 0. The van der Waals surface area contributed by atoms with Crippen LogP contribution in [-0.2, 0) is 9.59 Å². The Bertz CT molecular complexity index is 545. The second kappa shape index (κ2) is 5.09.